The number of aliphatic hydroxyl groups excluding tert-OH is 2. The number of aliphatic hydroxyl groups is 2. The molecule has 0 aromatic heterocycles. The summed E-state index contributed by atoms with van der Waals surface area (Å²) in [7, 11) is 0. The van der Waals surface area contributed by atoms with E-state index in [2.05, 4.69) is 17.9 Å². The van der Waals surface area contributed by atoms with Crippen LogP contribution in [0.1, 0.15) is 27.6 Å². The summed E-state index contributed by atoms with van der Waals surface area (Å²) in [5.41, 5.74) is 2.10. The van der Waals surface area contributed by atoms with Crippen molar-refractivity contribution in [2.24, 2.45) is 0 Å². The fraction of sp³-hybridized carbons (Fsp3) is 0.364. The molecule has 1 amide bonds. The van der Waals surface area contributed by atoms with Crippen LogP contribution in [0.5, 0.6) is 0 Å². The summed E-state index contributed by atoms with van der Waals surface area (Å²) < 4.78 is 0. The monoisotopic (exact) mass is 239 g/mol. The standard InChI is InChI=1S/C11H13NO3S/c13-9(5-16)10(14)6-1-2-8-7(3-6)4-12-11(8)15/h1-3,9-10,13-14,16H,4-5H2,(H,12,15). The van der Waals surface area contributed by atoms with Crippen molar-refractivity contribution in [3.63, 3.8) is 0 Å². The second-order valence-electron chi connectivity index (χ2n) is 3.79. The van der Waals surface area contributed by atoms with Crippen LogP contribution in [0.2, 0.25) is 0 Å². The topological polar surface area (TPSA) is 69.6 Å². The highest BCUT2D eigenvalue weighted by atomic mass is 32.1. The van der Waals surface area contributed by atoms with E-state index in [1.807, 2.05) is 0 Å². The van der Waals surface area contributed by atoms with Gasteiger partial charge in [0.25, 0.3) is 5.91 Å². The largest absolute Gasteiger partial charge is 0.389 e. The summed E-state index contributed by atoms with van der Waals surface area (Å²) in [6.07, 6.45) is -1.86. The van der Waals surface area contributed by atoms with Crippen LogP contribution in [0.15, 0.2) is 18.2 Å². The Morgan fingerprint density at radius 1 is 1.44 bits per heavy atom. The lowest BCUT2D eigenvalue weighted by molar-refractivity contribution is 0.0337. The molecule has 2 atom stereocenters. The average Bonchev–Trinajstić information content (AvgIpc) is 2.68. The number of nitrogens with one attached hydrogen (secondary N) is 1. The third-order valence-electron chi connectivity index (χ3n) is 2.71. The van der Waals surface area contributed by atoms with Crippen LogP contribution in [0, 0.1) is 0 Å². The van der Waals surface area contributed by atoms with Gasteiger partial charge in [-0.05, 0) is 17.2 Å². The van der Waals surface area contributed by atoms with Crippen LogP contribution in [0.25, 0.3) is 0 Å². The molecule has 1 aliphatic rings. The summed E-state index contributed by atoms with van der Waals surface area (Å²) in [4.78, 5) is 11.3. The zero-order chi connectivity index (χ0) is 11.7. The molecular formula is C11H13NO3S. The predicted octanol–water partition coefficient (Wildman–Crippen LogP) is 0.254. The first-order valence-electron chi connectivity index (χ1n) is 5.01. The lowest BCUT2D eigenvalue weighted by Crippen LogP contribution is -2.19. The normalized spacial score (nSPS) is 17.8. The Morgan fingerprint density at radius 2 is 2.19 bits per heavy atom. The Balaban J connectivity index is 2.28. The van der Waals surface area contributed by atoms with Crippen LogP contribution in [-0.2, 0) is 6.54 Å². The molecule has 86 valence electrons. The van der Waals surface area contributed by atoms with E-state index in [0.717, 1.165) is 5.56 Å². The number of hydrogen-bond donors (Lipinski definition) is 4. The highest BCUT2D eigenvalue weighted by Crippen LogP contribution is 2.23. The fourth-order valence-corrected chi connectivity index (χ4v) is 1.96. The number of rotatable bonds is 3. The van der Waals surface area contributed by atoms with E-state index in [0.29, 0.717) is 17.7 Å². The molecule has 2 unspecified atom stereocenters. The Kier molecular flexibility index (Phi) is 3.18. The van der Waals surface area contributed by atoms with E-state index in [9.17, 15) is 15.0 Å². The van der Waals surface area contributed by atoms with Crippen molar-refractivity contribution in [1.82, 2.24) is 5.32 Å². The Labute approximate surface area is 98.7 Å². The van der Waals surface area contributed by atoms with Gasteiger partial charge in [-0.1, -0.05) is 12.1 Å². The van der Waals surface area contributed by atoms with Crippen LogP contribution >= 0.6 is 12.6 Å². The summed E-state index contributed by atoms with van der Waals surface area (Å²) >= 11 is 3.92. The average molecular weight is 239 g/mol. The van der Waals surface area contributed by atoms with Crippen LogP contribution in [0.4, 0.5) is 0 Å². The first kappa shape index (κ1) is 11.4. The van der Waals surface area contributed by atoms with Crippen molar-refractivity contribution in [2.45, 2.75) is 18.8 Å². The maximum absolute atomic E-state index is 11.3. The SMILES string of the molecule is O=C1NCc2cc(C(O)C(O)CS)ccc21. The Morgan fingerprint density at radius 3 is 2.88 bits per heavy atom. The lowest BCUT2D eigenvalue weighted by atomic mass is 10.00. The van der Waals surface area contributed by atoms with E-state index in [1.54, 1.807) is 18.2 Å². The van der Waals surface area contributed by atoms with Crippen molar-refractivity contribution in [3.05, 3.63) is 34.9 Å². The first-order chi connectivity index (χ1) is 7.63. The van der Waals surface area contributed by atoms with Crippen molar-refractivity contribution in [1.29, 1.82) is 0 Å². The Hall–Kier alpha value is -1.04. The van der Waals surface area contributed by atoms with E-state index < -0.39 is 12.2 Å². The predicted molar refractivity (Wildman–Crippen MR) is 62.4 cm³/mol. The highest BCUT2D eigenvalue weighted by Gasteiger charge is 2.22. The zero-order valence-electron chi connectivity index (χ0n) is 8.55. The quantitative estimate of drug-likeness (QED) is 0.572. The third kappa shape index (κ3) is 1.93. The van der Waals surface area contributed by atoms with Crippen LogP contribution in [-0.4, -0.2) is 28.0 Å². The molecular weight excluding hydrogens is 226 g/mol. The van der Waals surface area contributed by atoms with Gasteiger partial charge in [0.1, 0.15) is 6.10 Å². The van der Waals surface area contributed by atoms with Gasteiger partial charge in [0, 0.05) is 17.9 Å². The minimum Gasteiger partial charge on any atom is -0.389 e. The van der Waals surface area contributed by atoms with Gasteiger partial charge in [-0.25, -0.2) is 0 Å². The van der Waals surface area contributed by atoms with Crippen molar-refractivity contribution >= 4 is 18.5 Å². The minimum atomic E-state index is -0.960. The summed E-state index contributed by atoms with van der Waals surface area (Å²) in [5, 5.41) is 21.9. The van der Waals surface area contributed by atoms with E-state index >= 15 is 0 Å². The van der Waals surface area contributed by atoms with Crippen molar-refractivity contribution in [2.75, 3.05) is 5.75 Å². The number of fused-ring (bicyclic) bond motifs is 1. The summed E-state index contributed by atoms with van der Waals surface area (Å²) in [6.45, 7) is 0.478. The number of amides is 1. The van der Waals surface area contributed by atoms with Crippen LogP contribution < -0.4 is 5.32 Å². The molecule has 5 heteroatoms. The maximum Gasteiger partial charge on any atom is 0.251 e. The smallest absolute Gasteiger partial charge is 0.251 e. The van der Waals surface area contributed by atoms with Crippen molar-refractivity contribution in [3.8, 4) is 0 Å². The van der Waals surface area contributed by atoms with E-state index in [-0.39, 0.29) is 11.7 Å². The molecule has 0 saturated carbocycles. The van der Waals surface area contributed by atoms with Crippen LogP contribution in [0.3, 0.4) is 0 Å². The van der Waals surface area contributed by atoms with Gasteiger partial charge in [0.05, 0.1) is 6.10 Å². The molecule has 0 radical (unpaired) electrons. The van der Waals surface area contributed by atoms with Gasteiger partial charge in [0.15, 0.2) is 0 Å². The molecule has 0 spiro atoms. The maximum atomic E-state index is 11.3. The molecule has 4 nitrogen and oxygen atoms in total. The molecule has 1 heterocycles. The zero-order valence-corrected chi connectivity index (χ0v) is 9.45. The lowest BCUT2D eigenvalue weighted by Gasteiger charge is -2.16. The molecule has 1 aromatic carbocycles. The molecule has 1 aliphatic heterocycles. The molecule has 16 heavy (non-hydrogen) atoms. The van der Waals surface area contributed by atoms with Gasteiger partial charge in [-0.3, -0.25) is 4.79 Å². The second kappa shape index (κ2) is 4.45. The highest BCUT2D eigenvalue weighted by molar-refractivity contribution is 7.80. The molecule has 0 fully saturated rings. The third-order valence-corrected chi connectivity index (χ3v) is 3.08. The summed E-state index contributed by atoms with van der Waals surface area (Å²) in [5.74, 6) is 0.0980. The molecule has 0 aliphatic carbocycles. The molecule has 2 rings (SSSR count). The number of thiol groups is 1. The first-order valence-corrected chi connectivity index (χ1v) is 5.64. The van der Waals surface area contributed by atoms with E-state index in [4.69, 9.17) is 0 Å². The van der Waals surface area contributed by atoms with Crippen molar-refractivity contribution < 1.29 is 15.0 Å². The van der Waals surface area contributed by atoms with Gasteiger partial charge >= 0.3 is 0 Å². The molecule has 0 saturated heterocycles. The van der Waals surface area contributed by atoms with Gasteiger partial charge in [-0.2, -0.15) is 12.6 Å². The number of hydrogen-bond acceptors (Lipinski definition) is 4. The molecule has 0 bridgehead atoms. The summed E-state index contributed by atoms with van der Waals surface area (Å²) in [6, 6.07) is 5.06. The number of carbonyl (C=O) groups is 1. The van der Waals surface area contributed by atoms with Gasteiger partial charge in [0.2, 0.25) is 0 Å². The molecule has 3 N–H and O–H groups in total. The van der Waals surface area contributed by atoms with E-state index in [1.165, 1.54) is 0 Å². The number of carbonyl (C=O) groups excluding carboxylic acids is 1. The molecule has 1 aromatic rings. The Bertz CT molecular complexity index is 422. The fourth-order valence-electron chi connectivity index (χ4n) is 1.76. The van der Waals surface area contributed by atoms with Gasteiger partial charge in [-0.15, -0.1) is 0 Å². The number of benzene rings is 1. The minimum absolute atomic E-state index is 0.0919. The van der Waals surface area contributed by atoms with Gasteiger partial charge < -0.3 is 15.5 Å². The second-order valence-corrected chi connectivity index (χ2v) is 4.16.